The summed E-state index contributed by atoms with van der Waals surface area (Å²) in [5, 5.41) is 11.0. The number of carbonyl (C=O) groups excluding carboxylic acids is 1. The lowest BCUT2D eigenvalue weighted by atomic mass is 10.2. The monoisotopic (exact) mass is 233 g/mol. The summed E-state index contributed by atoms with van der Waals surface area (Å²) in [7, 11) is 0. The predicted molar refractivity (Wildman–Crippen MR) is 66.7 cm³/mol. The summed E-state index contributed by atoms with van der Waals surface area (Å²) in [5.74, 6) is -0.0151. The number of nitrogens with zero attached hydrogens (tertiary/aromatic N) is 2. The molecule has 0 aliphatic carbocycles. The van der Waals surface area contributed by atoms with Gasteiger partial charge in [-0.2, -0.15) is 5.10 Å². The molecule has 1 saturated heterocycles. The fraction of sp³-hybridized carbons (Fsp3) is 0.182. The summed E-state index contributed by atoms with van der Waals surface area (Å²) in [6.45, 7) is 1.84. The average molecular weight is 233 g/mol. The SMILES string of the molecule is CC1S/C(=N/N=C\c2ccccc2)NC1=O. The second-order valence-corrected chi connectivity index (χ2v) is 4.64. The van der Waals surface area contributed by atoms with Gasteiger partial charge in [-0.05, 0) is 12.5 Å². The standard InChI is InChI=1S/C11H11N3OS/c1-8-10(15)13-11(16-8)14-12-7-9-5-3-2-4-6-9/h2-8H,1H3,(H,13,14,15)/b12-7-. The van der Waals surface area contributed by atoms with Gasteiger partial charge < -0.3 is 5.32 Å². The average Bonchev–Trinajstić information content (AvgIpc) is 2.60. The van der Waals surface area contributed by atoms with Gasteiger partial charge in [0, 0.05) is 0 Å². The summed E-state index contributed by atoms with van der Waals surface area (Å²) in [5.41, 5.74) is 0.981. The van der Waals surface area contributed by atoms with Crippen LogP contribution in [0, 0.1) is 0 Å². The Morgan fingerprint density at radius 2 is 2.12 bits per heavy atom. The molecule has 1 unspecified atom stereocenters. The van der Waals surface area contributed by atoms with Crippen LogP contribution in [0.3, 0.4) is 0 Å². The van der Waals surface area contributed by atoms with E-state index >= 15 is 0 Å². The Balaban J connectivity index is 2.00. The first kappa shape index (κ1) is 10.9. The molecule has 1 fully saturated rings. The number of hydrogen-bond donors (Lipinski definition) is 1. The van der Waals surface area contributed by atoms with Crippen LogP contribution in [-0.4, -0.2) is 22.5 Å². The minimum atomic E-state index is -0.0781. The van der Waals surface area contributed by atoms with Crippen LogP contribution in [0.15, 0.2) is 40.5 Å². The molecular weight excluding hydrogens is 222 g/mol. The van der Waals surface area contributed by atoms with Crippen LogP contribution in [0.2, 0.25) is 0 Å². The van der Waals surface area contributed by atoms with E-state index in [1.807, 2.05) is 37.3 Å². The molecule has 1 aromatic carbocycles. The molecular formula is C11H11N3OS. The van der Waals surface area contributed by atoms with Crippen LogP contribution in [0.4, 0.5) is 0 Å². The van der Waals surface area contributed by atoms with Gasteiger partial charge in [0.15, 0.2) is 5.17 Å². The van der Waals surface area contributed by atoms with E-state index < -0.39 is 0 Å². The molecule has 1 aromatic rings. The lowest BCUT2D eigenvalue weighted by molar-refractivity contribution is -0.118. The smallest absolute Gasteiger partial charge is 0.239 e. The third-order valence-corrected chi connectivity index (χ3v) is 3.02. The zero-order valence-corrected chi connectivity index (χ0v) is 9.57. The number of amidine groups is 1. The van der Waals surface area contributed by atoms with Crippen molar-refractivity contribution in [1.29, 1.82) is 0 Å². The van der Waals surface area contributed by atoms with Crippen LogP contribution in [-0.2, 0) is 4.79 Å². The second kappa shape index (κ2) is 4.94. The lowest BCUT2D eigenvalue weighted by Crippen LogP contribution is -2.23. The van der Waals surface area contributed by atoms with Crippen LogP contribution in [0.5, 0.6) is 0 Å². The summed E-state index contributed by atoms with van der Waals surface area (Å²) < 4.78 is 0. The number of thioether (sulfide) groups is 1. The quantitative estimate of drug-likeness (QED) is 0.623. The molecule has 0 aromatic heterocycles. The van der Waals surface area contributed by atoms with Gasteiger partial charge in [0.25, 0.3) is 0 Å². The van der Waals surface area contributed by atoms with Gasteiger partial charge in [0.05, 0.1) is 11.5 Å². The van der Waals surface area contributed by atoms with Gasteiger partial charge in [-0.1, -0.05) is 42.1 Å². The van der Waals surface area contributed by atoms with E-state index in [0.717, 1.165) is 5.56 Å². The molecule has 0 spiro atoms. The number of nitrogens with one attached hydrogen (secondary N) is 1. The van der Waals surface area contributed by atoms with E-state index in [1.165, 1.54) is 11.8 Å². The van der Waals surface area contributed by atoms with Crippen LogP contribution in [0.1, 0.15) is 12.5 Å². The highest BCUT2D eigenvalue weighted by atomic mass is 32.2. The van der Waals surface area contributed by atoms with Crippen LogP contribution in [0.25, 0.3) is 0 Å². The summed E-state index contributed by atoms with van der Waals surface area (Å²) >= 11 is 1.38. The van der Waals surface area contributed by atoms with E-state index in [0.29, 0.717) is 5.17 Å². The van der Waals surface area contributed by atoms with Crippen molar-refractivity contribution in [2.45, 2.75) is 12.2 Å². The number of carbonyl (C=O) groups is 1. The minimum absolute atomic E-state index is 0.0151. The Morgan fingerprint density at radius 3 is 2.75 bits per heavy atom. The second-order valence-electron chi connectivity index (χ2n) is 3.31. The highest BCUT2D eigenvalue weighted by Crippen LogP contribution is 2.18. The molecule has 1 N–H and O–H groups in total. The minimum Gasteiger partial charge on any atom is -0.303 e. The Kier molecular flexibility index (Phi) is 3.36. The maximum absolute atomic E-state index is 11.2. The Labute approximate surface area is 97.8 Å². The van der Waals surface area contributed by atoms with Crippen molar-refractivity contribution < 1.29 is 4.79 Å². The van der Waals surface area contributed by atoms with E-state index in [2.05, 4.69) is 15.5 Å². The van der Waals surface area contributed by atoms with Crippen molar-refractivity contribution in [1.82, 2.24) is 5.32 Å². The first-order chi connectivity index (χ1) is 7.75. The van der Waals surface area contributed by atoms with Crippen molar-refractivity contribution in [3.05, 3.63) is 35.9 Å². The van der Waals surface area contributed by atoms with Crippen molar-refractivity contribution in [3.8, 4) is 0 Å². The van der Waals surface area contributed by atoms with E-state index in [1.54, 1.807) is 6.21 Å². The Hall–Kier alpha value is -1.62. The maximum atomic E-state index is 11.2. The molecule has 1 heterocycles. The zero-order chi connectivity index (χ0) is 11.4. The van der Waals surface area contributed by atoms with Gasteiger partial charge in [-0.3, -0.25) is 4.79 Å². The lowest BCUT2D eigenvalue weighted by Gasteiger charge is -1.90. The third kappa shape index (κ3) is 2.70. The molecule has 1 aliphatic heterocycles. The summed E-state index contributed by atoms with van der Waals surface area (Å²) in [6, 6.07) is 9.68. The number of hydrogen-bond acceptors (Lipinski definition) is 4. The van der Waals surface area contributed by atoms with Crippen molar-refractivity contribution in [3.63, 3.8) is 0 Å². The largest absolute Gasteiger partial charge is 0.303 e. The first-order valence-corrected chi connectivity index (χ1v) is 5.77. The van der Waals surface area contributed by atoms with Gasteiger partial charge in [0.1, 0.15) is 0 Å². The Bertz CT molecular complexity index is 442. The molecule has 82 valence electrons. The molecule has 1 amide bonds. The number of amides is 1. The van der Waals surface area contributed by atoms with E-state index in [4.69, 9.17) is 0 Å². The first-order valence-electron chi connectivity index (χ1n) is 4.89. The fourth-order valence-corrected chi connectivity index (χ4v) is 1.95. The maximum Gasteiger partial charge on any atom is 0.239 e. The van der Waals surface area contributed by atoms with Crippen molar-refractivity contribution in [2.75, 3.05) is 0 Å². The molecule has 5 heteroatoms. The van der Waals surface area contributed by atoms with Gasteiger partial charge in [-0.15, -0.1) is 5.10 Å². The van der Waals surface area contributed by atoms with Gasteiger partial charge in [-0.25, -0.2) is 0 Å². The molecule has 0 saturated carbocycles. The highest BCUT2D eigenvalue weighted by Gasteiger charge is 2.25. The molecule has 0 radical (unpaired) electrons. The molecule has 16 heavy (non-hydrogen) atoms. The summed E-state index contributed by atoms with van der Waals surface area (Å²) in [4.78, 5) is 11.2. The van der Waals surface area contributed by atoms with Crippen molar-refractivity contribution in [2.24, 2.45) is 10.2 Å². The molecule has 1 aliphatic rings. The molecule has 4 nitrogen and oxygen atoms in total. The van der Waals surface area contributed by atoms with Crippen LogP contribution >= 0.6 is 11.8 Å². The highest BCUT2D eigenvalue weighted by molar-refractivity contribution is 8.15. The molecule has 2 rings (SSSR count). The van der Waals surface area contributed by atoms with E-state index in [-0.39, 0.29) is 11.2 Å². The van der Waals surface area contributed by atoms with Crippen LogP contribution < -0.4 is 5.32 Å². The fourth-order valence-electron chi connectivity index (χ4n) is 1.19. The van der Waals surface area contributed by atoms with Gasteiger partial charge in [0.2, 0.25) is 5.91 Å². The normalized spacial score (nSPS) is 22.9. The third-order valence-electron chi connectivity index (χ3n) is 2.04. The molecule has 0 bridgehead atoms. The summed E-state index contributed by atoms with van der Waals surface area (Å²) in [6.07, 6.45) is 1.66. The van der Waals surface area contributed by atoms with Gasteiger partial charge >= 0.3 is 0 Å². The predicted octanol–water partition coefficient (Wildman–Crippen LogP) is 1.63. The topological polar surface area (TPSA) is 53.8 Å². The number of rotatable bonds is 2. The molecule has 1 atom stereocenters. The Morgan fingerprint density at radius 1 is 1.38 bits per heavy atom. The van der Waals surface area contributed by atoms with Crippen molar-refractivity contribution >= 4 is 29.1 Å². The van der Waals surface area contributed by atoms with E-state index in [9.17, 15) is 4.79 Å². The number of benzene rings is 1. The zero-order valence-electron chi connectivity index (χ0n) is 8.75.